The lowest BCUT2D eigenvalue weighted by Gasteiger charge is -2.10. The second kappa shape index (κ2) is 4.68. The Bertz CT molecular complexity index is 668. The summed E-state index contributed by atoms with van der Waals surface area (Å²) in [6.45, 7) is 3.83. The van der Waals surface area contributed by atoms with E-state index in [0.717, 1.165) is 21.4 Å². The number of anilines is 1. The van der Waals surface area contributed by atoms with Gasteiger partial charge >= 0.3 is 0 Å². The number of nitrogens with zero attached hydrogens (tertiary/aromatic N) is 2. The Labute approximate surface area is 119 Å². The third kappa shape index (κ3) is 1.90. The number of benzene rings is 1. The summed E-state index contributed by atoms with van der Waals surface area (Å²) in [6, 6.07) is 7.68. The lowest BCUT2D eigenvalue weighted by atomic mass is 10.2. The van der Waals surface area contributed by atoms with Crippen LogP contribution in [0, 0.1) is 25.2 Å². The van der Waals surface area contributed by atoms with E-state index in [1.165, 1.54) is 0 Å². The Kier molecular flexibility index (Phi) is 3.38. The minimum absolute atomic E-state index is 0.460. The second-order valence-electron chi connectivity index (χ2n) is 4.02. The van der Waals surface area contributed by atoms with Crippen molar-refractivity contribution < 1.29 is 0 Å². The normalized spacial score (nSPS) is 10.4. The van der Waals surface area contributed by atoms with E-state index in [9.17, 15) is 0 Å². The van der Waals surface area contributed by atoms with Gasteiger partial charge in [0.15, 0.2) is 0 Å². The molecule has 0 amide bonds. The Balaban J connectivity index is 2.72. The topological polar surface area (TPSA) is 54.7 Å². The van der Waals surface area contributed by atoms with Gasteiger partial charge in [0.2, 0.25) is 0 Å². The molecular weight excluding hydrogens is 314 g/mol. The minimum atomic E-state index is 0.460. The van der Waals surface area contributed by atoms with Crippen molar-refractivity contribution in [2.75, 3.05) is 5.73 Å². The monoisotopic (exact) mass is 323 g/mol. The highest BCUT2D eigenvalue weighted by atomic mass is 79.9. The number of hydrogen-bond acceptors (Lipinski definition) is 2. The molecule has 1 aromatic carbocycles. The van der Waals surface area contributed by atoms with E-state index in [2.05, 4.69) is 22.0 Å². The maximum absolute atomic E-state index is 9.11. The van der Waals surface area contributed by atoms with Crippen LogP contribution in [0.15, 0.2) is 22.7 Å². The maximum atomic E-state index is 9.11. The molecule has 5 heteroatoms. The quantitative estimate of drug-likeness (QED) is 0.863. The van der Waals surface area contributed by atoms with Crippen LogP contribution in [-0.4, -0.2) is 4.57 Å². The SMILES string of the molecule is Cc1c(C#N)c(N)n(-c2ccc(Cl)c(Br)c2)c1C. The van der Waals surface area contributed by atoms with Crippen molar-refractivity contribution in [1.82, 2.24) is 4.57 Å². The van der Waals surface area contributed by atoms with E-state index in [4.69, 9.17) is 22.6 Å². The zero-order chi connectivity index (χ0) is 13.4. The molecule has 0 aliphatic carbocycles. The van der Waals surface area contributed by atoms with Crippen molar-refractivity contribution in [3.63, 3.8) is 0 Å². The molecule has 0 spiro atoms. The molecule has 2 rings (SSSR count). The smallest absolute Gasteiger partial charge is 0.126 e. The average Bonchev–Trinajstić information content (AvgIpc) is 2.54. The van der Waals surface area contributed by atoms with Crippen LogP contribution in [0.5, 0.6) is 0 Å². The van der Waals surface area contributed by atoms with Crippen LogP contribution in [0.2, 0.25) is 5.02 Å². The fourth-order valence-electron chi connectivity index (χ4n) is 1.93. The van der Waals surface area contributed by atoms with Crippen LogP contribution >= 0.6 is 27.5 Å². The summed E-state index contributed by atoms with van der Waals surface area (Å²) in [6.07, 6.45) is 0. The fraction of sp³-hybridized carbons (Fsp3) is 0.154. The van der Waals surface area contributed by atoms with Gasteiger partial charge in [-0.25, -0.2) is 0 Å². The second-order valence-corrected chi connectivity index (χ2v) is 5.28. The summed E-state index contributed by atoms with van der Waals surface area (Å²) in [5.41, 5.74) is 9.30. The van der Waals surface area contributed by atoms with Crippen molar-refractivity contribution in [3.05, 3.63) is 44.5 Å². The molecule has 0 saturated carbocycles. The Morgan fingerprint density at radius 3 is 2.56 bits per heavy atom. The first-order valence-electron chi connectivity index (χ1n) is 5.30. The number of rotatable bonds is 1. The molecule has 1 aromatic heterocycles. The Hall–Kier alpha value is -1.44. The molecule has 0 saturated heterocycles. The summed E-state index contributed by atoms with van der Waals surface area (Å²) in [5, 5.41) is 9.75. The van der Waals surface area contributed by atoms with E-state index in [-0.39, 0.29) is 0 Å². The van der Waals surface area contributed by atoms with Gasteiger partial charge in [-0.3, -0.25) is 4.57 Å². The van der Waals surface area contributed by atoms with E-state index in [1.807, 2.05) is 30.5 Å². The van der Waals surface area contributed by atoms with Crippen molar-refractivity contribution in [3.8, 4) is 11.8 Å². The van der Waals surface area contributed by atoms with Gasteiger partial charge in [-0.1, -0.05) is 11.6 Å². The maximum Gasteiger partial charge on any atom is 0.126 e. The van der Waals surface area contributed by atoms with Crippen molar-refractivity contribution in [2.45, 2.75) is 13.8 Å². The largest absolute Gasteiger partial charge is 0.384 e. The van der Waals surface area contributed by atoms with Gasteiger partial charge in [0, 0.05) is 15.9 Å². The van der Waals surface area contributed by atoms with Crippen LogP contribution in [0.3, 0.4) is 0 Å². The van der Waals surface area contributed by atoms with Gasteiger partial charge in [0.05, 0.1) is 10.6 Å². The molecule has 0 radical (unpaired) electrons. The lowest BCUT2D eigenvalue weighted by Crippen LogP contribution is -2.02. The van der Waals surface area contributed by atoms with Crippen molar-refractivity contribution in [2.24, 2.45) is 0 Å². The number of nitrogen functional groups attached to an aromatic ring is 1. The van der Waals surface area contributed by atoms with Gasteiger partial charge in [-0.2, -0.15) is 5.26 Å². The van der Waals surface area contributed by atoms with Crippen molar-refractivity contribution in [1.29, 1.82) is 5.26 Å². The van der Waals surface area contributed by atoms with Gasteiger partial charge in [-0.15, -0.1) is 0 Å². The number of halogens is 2. The zero-order valence-corrected chi connectivity index (χ0v) is 12.3. The number of aromatic nitrogens is 1. The molecule has 18 heavy (non-hydrogen) atoms. The molecule has 0 unspecified atom stereocenters. The summed E-state index contributed by atoms with van der Waals surface area (Å²) in [7, 11) is 0. The Morgan fingerprint density at radius 2 is 2.06 bits per heavy atom. The van der Waals surface area contributed by atoms with Gasteiger partial charge in [-0.05, 0) is 53.5 Å². The lowest BCUT2D eigenvalue weighted by molar-refractivity contribution is 1.01. The molecule has 92 valence electrons. The van der Waals surface area contributed by atoms with Crippen LogP contribution in [-0.2, 0) is 0 Å². The van der Waals surface area contributed by atoms with Crippen LogP contribution < -0.4 is 5.73 Å². The summed E-state index contributed by atoms with van der Waals surface area (Å²) in [4.78, 5) is 0. The first-order chi connectivity index (χ1) is 8.47. The van der Waals surface area contributed by atoms with E-state index < -0.39 is 0 Å². The molecule has 1 heterocycles. The summed E-state index contributed by atoms with van der Waals surface area (Å²) >= 11 is 9.36. The molecule has 3 nitrogen and oxygen atoms in total. The third-order valence-electron chi connectivity index (χ3n) is 3.02. The highest BCUT2D eigenvalue weighted by Gasteiger charge is 2.16. The minimum Gasteiger partial charge on any atom is -0.384 e. The summed E-state index contributed by atoms with van der Waals surface area (Å²) < 4.78 is 2.65. The van der Waals surface area contributed by atoms with E-state index >= 15 is 0 Å². The average molecular weight is 325 g/mol. The van der Waals surface area contributed by atoms with E-state index in [1.54, 1.807) is 6.07 Å². The predicted molar refractivity (Wildman–Crippen MR) is 77.1 cm³/mol. The van der Waals surface area contributed by atoms with Gasteiger partial charge in [0.1, 0.15) is 11.9 Å². The molecule has 0 aliphatic rings. The molecule has 0 fully saturated rings. The highest BCUT2D eigenvalue weighted by molar-refractivity contribution is 9.10. The molecule has 0 bridgehead atoms. The molecule has 0 aliphatic heterocycles. The third-order valence-corrected chi connectivity index (χ3v) is 4.24. The van der Waals surface area contributed by atoms with Crippen LogP contribution in [0.25, 0.3) is 5.69 Å². The van der Waals surface area contributed by atoms with Gasteiger partial charge < -0.3 is 5.73 Å². The fourth-order valence-corrected chi connectivity index (χ4v) is 2.42. The first kappa shape index (κ1) is 13.0. The number of hydrogen-bond donors (Lipinski definition) is 1. The number of nitrogens with two attached hydrogens (primary N) is 1. The van der Waals surface area contributed by atoms with Crippen LogP contribution in [0.4, 0.5) is 5.82 Å². The standard InChI is InChI=1S/C13H11BrClN3/c1-7-8(2)18(13(17)10(7)6-16)9-3-4-12(15)11(14)5-9/h3-5H,17H2,1-2H3. The zero-order valence-electron chi connectivity index (χ0n) is 9.96. The highest BCUT2D eigenvalue weighted by Crippen LogP contribution is 2.31. The van der Waals surface area contributed by atoms with E-state index in [0.29, 0.717) is 16.4 Å². The molecule has 2 N–H and O–H groups in total. The molecule has 2 aromatic rings. The Morgan fingerprint density at radius 1 is 1.39 bits per heavy atom. The predicted octanol–water partition coefficient (Wildman–Crippen LogP) is 3.96. The van der Waals surface area contributed by atoms with Crippen LogP contribution in [0.1, 0.15) is 16.8 Å². The number of nitriles is 1. The first-order valence-corrected chi connectivity index (χ1v) is 6.47. The molecular formula is C13H11BrClN3. The molecule has 0 atom stereocenters. The van der Waals surface area contributed by atoms with Gasteiger partial charge in [0.25, 0.3) is 0 Å². The van der Waals surface area contributed by atoms with Crippen molar-refractivity contribution >= 4 is 33.3 Å². The summed E-state index contributed by atoms with van der Waals surface area (Å²) in [5.74, 6) is 0.460.